The van der Waals surface area contributed by atoms with Gasteiger partial charge < -0.3 is 0 Å². The highest BCUT2D eigenvalue weighted by Gasteiger charge is 1.97. The first kappa shape index (κ1) is 8.46. The van der Waals surface area contributed by atoms with Gasteiger partial charge in [-0.1, -0.05) is 36.0 Å². The summed E-state index contributed by atoms with van der Waals surface area (Å²) in [6.07, 6.45) is 0. The van der Waals surface area contributed by atoms with Gasteiger partial charge >= 0.3 is 0 Å². The molecule has 0 bridgehead atoms. The summed E-state index contributed by atoms with van der Waals surface area (Å²) in [6.45, 7) is 0. The molecule has 2 nitrogen and oxygen atoms in total. The molecule has 0 aliphatic rings. The number of hydrogen-bond acceptors (Lipinski definition) is 2. The molecule has 1 aromatic rings. The Hall–Kier alpha value is -0.640. The van der Waals surface area contributed by atoms with Gasteiger partial charge in [-0.25, -0.2) is 0 Å². The van der Waals surface area contributed by atoms with Gasteiger partial charge in [-0.15, -0.1) is 0 Å². The summed E-state index contributed by atoms with van der Waals surface area (Å²) in [4.78, 5) is 0.271. The van der Waals surface area contributed by atoms with Crippen LogP contribution in [-0.2, 0) is 0 Å². The summed E-state index contributed by atoms with van der Waals surface area (Å²) < 4.78 is 0. The van der Waals surface area contributed by atoms with E-state index in [4.69, 9.17) is 29.0 Å². The van der Waals surface area contributed by atoms with Crippen LogP contribution in [0.3, 0.4) is 0 Å². The zero-order valence-corrected chi connectivity index (χ0v) is 7.12. The van der Waals surface area contributed by atoms with E-state index < -0.39 is 0 Å². The molecule has 0 aliphatic heterocycles. The summed E-state index contributed by atoms with van der Waals surface area (Å²) in [5, 5.41) is 9.04. The van der Waals surface area contributed by atoms with E-state index >= 15 is 0 Å². The molecule has 0 atom stereocenters. The van der Waals surface area contributed by atoms with E-state index in [1.807, 2.05) is 5.48 Å². The van der Waals surface area contributed by atoms with Crippen molar-refractivity contribution in [2.75, 3.05) is 0 Å². The first-order chi connectivity index (χ1) is 5.24. The molecule has 0 saturated heterocycles. The maximum Gasteiger partial charge on any atom is 0.130 e. The van der Waals surface area contributed by atoms with Crippen LogP contribution in [0.2, 0.25) is 5.02 Å². The summed E-state index contributed by atoms with van der Waals surface area (Å²) in [5.41, 5.74) is 2.58. The van der Waals surface area contributed by atoms with Crippen molar-refractivity contribution < 1.29 is 5.21 Å². The van der Waals surface area contributed by atoms with Crippen LogP contribution in [0.1, 0.15) is 5.56 Å². The molecule has 11 heavy (non-hydrogen) atoms. The second kappa shape index (κ2) is 3.67. The third-order valence-corrected chi connectivity index (χ3v) is 1.75. The standard InChI is InChI=1S/C7H6ClNOS/c8-6-3-1-2-5(4-6)7(11)9-10/h1-4,10H,(H,9,11). The van der Waals surface area contributed by atoms with Crippen molar-refractivity contribution >= 4 is 28.8 Å². The average Bonchev–Trinajstić information content (AvgIpc) is 2.03. The van der Waals surface area contributed by atoms with Crippen molar-refractivity contribution in [3.63, 3.8) is 0 Å². The zero-order valence-electron chi connectivity index (χ0n) is 5.54. The van der Waals surface area contributed by atoms with Crippen molar-refractivity contribution in [2.45, 2.75) is 0 Å². The van der Waals surface area contributed by atoms with E-state index in [1.165, 1.54) is 0 Å². The van der Waals surface area contributed by atoms with E-state index in [0.717, 1.165) is 0 Å². The molecule has 4 heteroatoms. The summed E-state index contributed by atoms with van der Waals surface area (Å²) in [7, 11) is 0. The maximum absolute atomic E-state index is 8.44. The number of hydroxylamine groups is 1. The van der Waals surface area contributed by atoms with E-state index in [9.17, 15) is 0 Å². The van der Waals surface area contributed by atoms with E-state index in [2.05, 4.69) is 0 Å². The normalized spacial score (nSPS) is 9.27. The molecule has 58 valence electrons. The zero-order chi connectivity index (χ0) is 8.27. The molecule has 1 aromatic carbocycles. The molecule has 0 unspecified atom stereocenters. The number of benzene rings is 1. The van der Waals surface area contributed by atoms with Crippen molar-refractivity contribution in [3.05, 3.63) is 34.9 Å². The first-order valence-corrected chi connectivity index (χ1v) is 3.72. The predicted octanol–water partition coefficient (Wildman–Crippen LogP) is 1.99. The van der Waals surface area contributed by atoms with Gasteiger partial charge in [0.1, 0.15) is 4.99 Å². The maximum atomic E-state index is 8.44. The average molecular weight is 188 g/mol. The van der Waals surface area contributed by atoms with Crippen molar-refractivity contribution in [2.24, 2.45) is 0 Å². The lowest BCUT2D eigenvalue weighted by molar-refractivity contribution is 0.238. The SMILES string of the molecule is ONC(=S)c1cccc(Cl)c1. The van der Waals surface area contributed by atoms with Crippen molar-refractivity contribution in [1.29, 1.82) is 0 Å². The van der Waals surface area contributed by atoms with Crippen LogP contribution in [0, 0.1) is 0 Å². The topological polar surface area (TPSA) is 32.3 Å². The Morgan fingerprint density at radius 2 is 2.27 bits per heavy atom. The molecular formula is C7H6ClNOS. The molecule has 2 N–H and O–H groups in total. The Morgan fingerprint density at radius 3 is 2.82 bits per heavy atom. The van der Waals surface area contributed by atoms with Gasteiger partial charge in [-0.3, -0.25) is 10.7 Å². The largest absolute Gasteiger partial charge is 0.290 e. The third-order valence-electron chi connectivity index (χ3n) is 1.19. The Balaban J connectivity index is 2.96. The number of thiocarbonyl (C=S) groups is 1. The quantitative estimate of drug-likeness (QED) is 0.521. The minimum atomic E-state index is 0.271. The molecule has 0 aliphatic carbocycles. The van der Waals surface area contributed by atoms with E-state index in [1.54, 1.807) is 24.3 Å². The van der Waals surface area contributed by atoms with Crippen LogP contribution >= 0.6 is 23.8 Å². The number of hydrogen-bond donors (Lipinski definition) is 2. The van der Waals surface area contributed by atoms with Crippen LogP contribution in [0.5, 0.6) is 0 Å². The van der Waals surface area contributed by atoms with Gasteiger partial charge in [0.15, 0.2) is 0 Å². The fourth-order valence-electron chi connectivity index (χ4n) is 0.694. The lowest BCUT2D eigenvalue weighted by Crippen LogP contribution is -2.16. The Labute approximate surface area is 74.8 Å². The van der Waals surface area contributed by atoms with Gasteiger partial charge in [0.2, 0.25) is 0 Å². The van der Waals surface area contributed by atoms with Crippen LogP contribution in [-0.4, -0.2) is 10.2 Å². The second-order valence-corrected chi connectivity index (χ2v) is 2.80. The number of rotatable bonds is 1. The first-order valence-electron chi connectivity index (χ1n) is 2.94. The second-order valence-electron chi connectivity index (χ2n) is 1.95. The minimum absolute atomic E-state index is 0.271. The summed E-state index contributed by atoms with van der Waals surface area (Å²) >= 11 is 10.4. The molecule has 0 amide bonds. The predicted molar refractivity (Wildman–Crippen MR) is 48.1 cm³/mol. The minimum Gasteiger partial charge on any atom is -0.290 e. The molecule has 0 saturated carbocycles. The van der Waals surface area contributed by atoms with Gasteiger partial charge in [0.25, 0.3) is 0 Å². The number of halogens is 1. The summed E-state index contributed by atoms with van der Waals surface area (Å²) in [6, 6.07) is 6.94. The molecule has 0 radical (unpaired) electrons. The lowest BCUT2D eigenvalue weighted by atomic mass is 10.2. The highest BCUT2D eigenvalue weighted by atomic mass is 35.5. The van der Waals surface area contributed by atoms with Gasteiger partial charge in [-0.2, -0.15) is 0 Å². The Kier molecular flexibility index (Phi) is 2.82. The molecule has 0 spiro atoms. The molecule has 0 aromatic heterocycles. The van der Waals surface area contributed by atoms with Crippen LogP contribution in [0.25, 0.3) is 0 Å². The fraction of sp³-hybridized carbons (Fsp3) is 0. The van der Waals surface area contributed by atoms with Gasteiger partial charge in [0, 0.05) is 10.6 Å². The Bertz CT molecular complexity index is 277. The van der Waals surface area contributed by atoms with Gasteiger partial charge in [-0.05, 0) is 12.1 Å². The lowest BCUT2D eigenvalue weighted by Gasteiger charge is -2.00. The van der Waals surface area contributed by atoms with Crippen molar-refractivity contribution in [1.82, 2.24) is 5.48 Å². The van der Waals surface area contributed by atoms with Crippen molar-refractivity contribution in [3.8, 4) is 0 Å². The highest BCUT2D eigenvalue weighted by Crippen LogP contribution is 2.10. The highest BCUT2D eigenvalue weighted by molar-refractivity contribution is 7.80. The summed E-state index contributed by atoms with van der Waals surface area (Å²) in [5.74, 6) is 0. The molecule has 0 heterocycles. The molecular weight excluding hydrogens is 182 g/mol. The fourth-order valence-corrected chi connectivity index (χ4v) is 1.01. The molecule has 1 rings (SSSR count). The van der Waals surface area contributed by atoms with E-state index in [-0.39, 0.29) is 4.99 Å². The van der Waals surface area contributed by atoms with Crippen LogP contribution in [0.4, 0.5) is 0 Å². The number of nitrogens with one attached hydrogen (secondary N) is 1. The Morgan fingerprint density at radius 1 is 1.55 bits per heavy atom. The smallest absolute Gasteiger partial charge is 0.130 e. The van der Waals surface area contributed by atoms with Crippen LogP contribution < -0.4 is 5.48 Å². The van der Waals surface area contributed by atoms with E-state index in [0.29, 0.717) is 10.6 Å². The monoisotopic (exact) mass is 187 g/mol. The third kappa shape index (κ3) is 2.15. The van der Waals surface area contributed by atoms with Gasteiger partial charge in [0.05, 0.1) is 0 Å². The molecule has 0 fully saturated rings. The van der Waals surface area contributed by atoms with Crippen LogP contribution in [0.15, 0.2) is 24.3 Å².